The number of hydrogen-bond acceptors (Lipinski definition) is 4. The van der Waals surface area contributed by atoms with Gasteiger partial charge in [-0.15, -0.1) is 0 Å². The van der Waals surface area contributed by atoms with Crippen LogP contribution in [0.25, 0.3) is 0 Å². The maximum atomic E-state index is 13.8. The van der Waals surface area contributed by atoms with Crippen molar-refractivity contribution in [2.24, 2.45) is 0 Å². The van der Waals surface area contributed by atoms with Crippen molar-refractivity contribution in [3.8, 4) is 0 Å². The molecule has 1 aliphatic rings. The molecule has 2 rings (SSSR count). The quantitative estimate of drug-likeness (QED) is 0.803. The van der Waals surface area contributed by atoms with Crippen molar-refractivity contribution < 1.29 is 14.3 Å². The molecule has 0 radical (unpaired) electrons. The fraction of sp³-hybridized carbons (Fsp3) is 0.462. The number of anilines is 1. The molecule has 0 atom stereocenters. The largest absolute Gasteiger partial charge is 0.395 e. The number of aliphatic hydroxyl groups is 1. The summed E-state index contributed by atoms with van der Waals surface area (Å²) in [5.74, 6) is -0.352. The van der Waals surface area contributed by atoms with E-state index in [0.29, 0.717) is 37.2 Å². The topological polar surface area (TPSA) is 43.8 Å². The molecule has 0 unspecified atom stereocenters. The van der Waals surface area contributed by atoms with Gasteiger partial charge in [0.1, 0.15) is 5.82 Å². The van der Waals surface area contributed by atoms with Crippen molar-refractivity contribution in [3.05, 3.63) is 29.6 Å². The number of rotatable bonds is 4. The zero-order valence-electron chi connectivity index (χ0n) is 10.2. The Morgan fingerprint density at radius 2 is 2.00 bits per heavy atom. The molecule has 1 heterocycles. The highest BCUT2D eigenvalue weighted by Gasteiger charge is 2.21. The molecule has 1 N–H and O–H groups in total. The third-order valence-electron chi connectivity index (χ3n) is 3.25. The van der Waals surface area contributed by atoms with E-state index >= 15 is 0 Å². The summed E-state index contributed by atoms with van der Waals surface area (Å²) < 4.78 is 13.8. The molecule has 1 aromatic carbocycles. The van der Waals surface area contributed by atoms with E-state index in [4.69, 9.17) is 5.11 Å². The first kappa shape index (κ1) is 13.0. The Labute approximate surface area is 106 Å². The molecule has 0 aliphatic carbocycles. The summed E-state index contributed by atoms with van der Waals surface area (Å²) in [6, 6.07) is 4.55. The van der Waals surface area contributed by atoms with Crippen LogP contribution in [0, 0.1) is 5.82 Å². The minimum absolute atomic E-state index is 0.138. The van der Waals surface area contributed by atoms with Crippen molar-refractivity contribution in [3.63, 3.8) is 0 Å². The van der Waals surface area contributed by atoms with Gasteiger partial charge in [0.15, 0.2) is 6.29 Å². The Morgan fingerprint density at radius 1 is 1.28 bits per heavy atom. The molecule has 4 nitrogen and oxygen atoms in total. The van der Waals surface area contributed by atoms with Gasteiger partial charge in [0.2, 0.25) is 0 Å². The van der Waals surface area contributed by atoms with E-state index in [9.17, 15) is 9.18 Å². The number of benzene rings is 1. The fourth-order valence-corrected chi connectivity index (χ4v) is 2.30. The number of piperazine rings is 1. The zero-order valence-corrected chi connectivity index (χ0v) is 10.2. The van der Waals surface area contributed by atoms with Crippen LogP contribution in [0.5, 0.6) is 0 Å². The highest BCUT2D eigenvalue weighted by Crippen LogP contribution is 2.24. The Balaban J connectivity index is 2.12. The van der Waals surface area contributed by atoms with E-state index in [1.54, 1.807) is 12.1 Å². The average Bonchev–Trinajstić information content (AvgIpc) is 2.40. The van der Waals surface area contributed by atoms with Crippen LogP contribution in [0.15, 0.2) is 18.2 Å². The van der Waals surface area contributed by atoms with Crippen molar-refractivity contribution in [1.29, 1.82) is 0 Å². The number of nitrogens with zero attached hydrogens (tertiary/aromatic N) is 2. The maximum Gasteiger partial charge on any atom is 0.152 e. The lowest BCUT2D eigenvalue weighted by Gasteiger charge is -2.36. The summed E-state index contributed by atoms with van der Waals surface area (Å²) in [5.41, 5.74) is 0.793. The molecule has 1 aliphatic heterocycles. The second kappa shape index (κ2) is 5.93. The summed E-state index contributed by atoms with van der Waals surface area (Å²) in [4.78, 5) is 15.0. The van der Waals surface area contributed by atoms with E-state index in [2.05, 4.69) is 4.90 Å². The Kier molecular flexibility index (Phi) is 4.28. The average molecular weight is 252 g/mol. The standard InChI is InChI=1S/C13H17FN2O2/c14-12-3-1-2-11(10-18)13(12)16-6-4-15(5-7-16)8-9-17/h1-3,10,17H,4-9H2. The molecular formula is C13H17FN2O2. The second-order valence-corrected chi connectivity index (χ2v) is 4.35. The van der Waals surface area contributed by atoms with Gasteiger partial charge in [-0.05, 0) is 12.1 Å². The van der Waals surface area contributed by atoms with Gasteiger partial charge < -0.3 is 10.0 Å². The number of hydrogen-bond donors (Lipinski definition) is 1. The lowest BCUT2D eigenvalue weighted by molar-refractivity contribution is 0.112. The predicted octanol–water partition coefficient (Wildman–Crippen LogP) is 0.752. The minimum atomic E-state index is -0.352. The number of para-hydroxylation sites is 1. The van der Waals surface area contributed by atoms with Crippen LogP contribution in [0.3, 0.4) is 0 Å². The molecule has 1 aromatic rings. The number of β-amino-alcohol motifs (C(OH)–C–C–N with tert-alkyl or cyclic N) is 1. The number of carbonyl (C=O) groups is 1. The van der Waals surface area contributed by atoms with E-state index < -0.39 is 0 Å². The number of aliphatic hydroxyl groups excluding tert-OH is 1. The van der Waals surface area contributed by atoms with Crippen molar-refractivity contribution in [2.45, 2.75) is 0 Å². The van der Waals surface area contributed by atoms with Crippen LogP contribution in [-0.2, 0) is 0 Å². The van der Waals surface area contributed by atoms with Gasteiger partial charge in [-0.25, -0.2) is 4.39 Å². The van der Waals surface area contributed by atoms with E-state index in [0.717, 1.165) is 13.1 Å². The maximum absolute atomic E-state index is 13.8. The first-order valence-electron chi connectivity index (χ1n) is 6.08. The third-order valence-corrected chi connectivity index (χ3v) is 3.25. The lowest BCUT2D eigenvalue weighted by atomic mass is 10.1. The van der Waals surface area contributed by atoms with Gasteiger partial charge >= 0.3 is 0 Å². The SMILES string of the molecule is O=Cc1cccc(F)c1N1CCN(CCO)CC1. The van der Waals surface area contributed by atoms with E-state index in [1.807, 2.05) is 4.90 Å². The molecule has 0 aromatic heterocycles. The van der Waals surface area contributed by atoms with Crippen LogP contribution in [0.4, 0.5) is 10.1 Å². The number of aldehydes is 1. The zero-order chi connectivity index (χ0) is 13.0. The smallest absolute Gasteiger partial charge is 0.152 e. The Hall–Kier alpha value is -1.46. The van der Waals surface area contributed by atoms with E-state index in [-0.39, 0.29) is 12.4 Å². The van der Waals surface area contributed by atoms with Gasteiger partial charge in [0.05, 0.1) is 12.3 Å². The molecule has 5 heteroatoms. The van der Waals surface area contributed by atoms with Crippen LogP contribution in [0.2, 0.25) is 0 Å². The van der Waals surface area contributed by atoms with Crippen LogP contribution in [-0.4, -0.2) is 55.6 Å². The summed E-state index contributed by atoms with van der Waals surface area (Å²) in [6.07, 6.45) is 0.693. The monoisotopic (exact) mass is 252 g/mol. The summed E-state index contributed by atoms with van der Waals surface area (Å²) in [5, 5.41) is 8.87. The molecule has 0 amide bonds. The van der Waals surface area contributed by atoms with Gasteiger partial charge in [0.25, 0.3) is 0 Å². The normalized spacial score (nSPS) is 16.9. The van der Waals surface area contributed by atoms with Crippen LogP contribution >= 0.6 is 0 Å². The minimum Gasteiger partial charge on any atom is -0.395 e. The molecule has 98 valence electrons. The molecular weight excluding hydrogens is 235 g/mol. The molecule has 18 heavy (non-hydrogen) atoms. The van der Waals surface area contributed by atoms with Crippen molar-refractivity contribution >= 4 is 12.0 Å². The Bertz CT molecular complexity index is 417. The Morgan fingerprint density at radius 3 is 2.61 bits per heavy atom. The number of halogens is 1. The van der Waals surface area contributed by atoms with Crippen LogP contribution in [0.1, 0.15) is 10.4 Å². The molecule has 1 fully saturated rings. The van der Waals surface area contributed by atoms with Crippen molar-refractivity contribution in [1.82, 2.24) is 4.90 Å². The molecule has 0 saturated carbocycles. The van der Waals surface area contributed by atoms with Gasteiger partial charge in [-0.2, -0.15) is 0 Å². The summed E-state index contributed by atoms with van der Waals surface area (Å²) in [6.45, 7) is 3.66. The third kappa shape index (κ3) is 2.68. The van der Waals surface area contributed by atoms with Gasteiger partial charge in [-0.1, -0.05) is 6.07 Å². The predicted molar refractivity (Wildman–Crippen MR) is 67.5 cm³/mol. The van der Waals surface area contributed by atoms with Crippen molar-refractivity contribution in [2.75, 3.05) is 44.2 Å². The second-order valence-electron chi connectivity index (χ2n) is 4.35. The van der Waals surface area contributed by atoms with Gasteiger partial charge in [0, 0.05) is 38.3 Å². The summed E-state index contributed by atoms with van der Waals surface area (Å²) >= 11 is 0. The molecule has 1 saturated heterocycles. The highest BCUT2D eigenvalue weighted by molar-refractivity contribution is 5.84. The summed E-state index contributed by atoms with van der Waals surface area (Å²) in [7, 11) is 0. The first-order chi connectivity index (χ1) is 8.76. The number of carbonyl (C=O) groups excluding carboxylic acids is 1. The fourth-order valence-electron chi connectivity index (χ4n) is 2.30. The highest BCUT2D eigenvalue weighted by atomic mass is 19.1. The first-order valence-corrected chi connectivity index (χ1v) is 6.08. The molecule has 0 spiro atoms. The lowest BCUT2D eigenvalue weighted by Crippen LogP contribution is -2.47. The van der Waals surface area contributed by atoms with Crippen LogP contribution < -0.4 is 4.90 Å². The van der Waals surface area contributed by atoms with Gasteiger partial charge in [-0.3, -0.25) is 9.69 Å². The molecule has 0 bridgehead atoms. The van der Waals surface area contributed by atoms with E-state index in [1.165, 1.54) is 6.07 Å².